The molecule has 3 aromatic carbocycles. The topological polar surface area (TPSA) is 83.0 Å². The number of amides is 1. The van der Waals surface area contributed by atoms with Gasteiger partial charge in [0.25, 0.3) is 5.91 Å². The minimum atomic E-state index is -3.69. The highest BCUT2D eigenvalue weighted by Crippen LogP contribution is 2.32. The van der Waals surface area contributed by atoms with Crippen molar-refractivity contribution in [2.45, 2.75) is 17.9 Å². The Morgan fingerprint density at radius 1 is 1.03 bits per heavy atom. The number of thiazole rings is 1. The van der Waals surface area contributed by atoms with Crippen molar-refractivity contribution in [1.29, 1.82) is 0 Å². The average Bonchev–Trinajstić information content (AvgIpc) is 3.35. The summed E-state index contributed by atoms with van der Waals surface area (Å²) in [6.45, 7) is 1.87. The molecule has 1 aliphatic rings. The third-order valence-corrected chi connectivity index (χ3v) is 9.57. The summed E-state index contributed by atoms with van der Waals surface area (Å²) in [5, 5.41) is 0.587. The lowest BCUT2D eigenvalue weighted by Gasteiger charge is -2.28. The van der Waals surface area contributed by atoms with Crippen LogP contribution in [-0.4, -0.2) is 69.4 Å². The largest absolute Gasteiger partial charge is 0.497 e. The van der Waals surface area contributed by atoms with Gasteiger partial charge in [0.1, 0.15) is 5.75 Å². The number of fused-ring (bicyclic) bond motifs is 2. The molecule has 0 bridgehead atoms. The van der Waals surface area contributed by atoms with Crippen LogP contribution in [0.3, 0.4) is 0 Å². The molecular formula is C28H30N4O4S2. The quantitative estimate of drug-likeness (QED) is 0.326. The zero-order valence-corrected chi connectivity index (χ0v) is 23.3. The van der Waals surface area contributed by atoms with Crippen LogP contribution in [0.5, 0.6) is 5.75 Å². The first-order valence-corrected chi connectivity index (χ1v) is 14.6. The van der Waals surface area contributed by atoms with Gasteiger partial charge < -0.3 is 9.64 Å². The maximum Gasteiger partial charge on any atom is 0.260 e. The van der Waals surface area contributed by atoms with Gasteiger partial charge in [0.15, 0.2) is 5.13 Å². The number of nitrogens with zero attached hydrogens (tertiary/aromatic N) is 4. The van der Waals surface area contributed by atoms with E-state index in [1.54, 1.807) is 24.1 Å². The Balaban J connectivity index is 1.40. The number of hydrogen-bond donors (Lipinski definition) is 0. The molecule has 198 valence electrons. The van der Waals surface area contributed by atoms with E-state index in [-0.39, 0.29) is 10.8 Å². The van der Waals surface area contributed by atoms with Crippen molar-refractivity contribution in [1.82, 2.24) is 14.2 Å². The zero-order chi connectivity index (χ0) is 26.9. The molecule has 8 nitrogen and oxygen atoms in total. The van der Waals surface area contributed by atoms with Gasteiger partial charge in [-0.05, 0) is 74.1 Å². The molecule has 0 spiro atoms. The number of rotatable bonds is 8. The lowest BCUT2D eigenvalue weighted by Crippen LogP contribution is -2.37. The second-order valence-electron chi connectivity index (χ2n) is 9.47. The lowest BCUT2D eigenvalue weighted by molar-refractivity contribution is 0.0985. The Morgan fingerprint density at radius 3 is 2.47 bits per heavy atom. The summed E-state index contributed by atoms with van der Waals surface area (Å²) in [5.41, 5.74) is 3.41. The van der Waals surface area contributed by atoms with E-state index in [2.05, 4.69) is 0 Å². The molecule has 0 fully saturated rings. The molecular weight excluding hydrogens is 520 g/mol. The van der Waals surface area contributed by atoms with E-state index in [0.29, 0.717) is 43.3 Å². The molecule has 1 aliphatic heterocycles. The van der Waals surface area contributed by atoms with Crippen LogP contribution in [0.25, 0.3) is 10.2 Å². The molecule has 38 heavy (non-hydrogen) atoms. The first-order valence-electron chi connectivity index (χ1n) is 12.3. The fraction of sp³-hybridized carbons (Fsp3) is 0.286. The molecule has 1 amide bonds. The van der Waals surface area contributed by atoms with Gasteiger partial charge in [-0.2, -0.15) is 4.31 Å². The van der Waals surface area contributed by atoms with Gasteiger partial charge in [-0.3, -0.25) is 9.69 Å². The first-order chi connectivity index (χ1) is 18.3. The molecule has 0 aliphatic carbocycles. The van der Waals surface area contributed by atoms with Crippen molar-refractivity contribution in [2.75, 3.05) is 45.7 Å². The van der Waals surface area contributed by atoms with E-state index in [4.69, 9.17) is 9.72 Å². The van der Waals surface area contributed by atoms with Crippen LogP contribution in [0.2, 0.25) is 0 Å². The van der Waals surface area contributed by atoms with Crippen molar-refractivity contribution in [3.05, 3.63) is 83.4 Å². The summed E-state index contributed by atoms with van der Waals surface area (Å²) >= 11 is 1.42. The predicted molar refractivity (Wildman–Crippen MR) is 151 cm³/mol. The molecule has 0 N–H and O–H groups in total. The fourth-order valence-electron chi connectivity index (χ4n) is 4.47. The van der Waals surface area contributed by atoms with Crippen molar-refractivity contribution in [3.8, 4) is 5.75 Å². The maximum atomic E-state index is 13.6. The highest BCUT2D eigenvalue weighted by Gasteiger charge is 2.29. The number of ether oxygens (including phenoxy) is 1. The summed E-state index contributed by atoms with van der Waals surface area (Å²) in [5.74, 6) is 0.501. The molecule has 5 rings (SSSR count). The number of likely N-dealkylation sites (N-methyl/N-ethyl adjacent to an activating group) is 1. The van der Waals surface area contributed by atoms with Gasteiger partial charge in [0.2, 0.25) is 10.0 Å². The van der Waals surface area contributed by atoms with Gasteiger partial charge in [-0.15, -0.1) is 0 Å². The van der Waals surface area contributed by atoms with Crippen molar-refractivity contribution >= 4 is 42.6 Å². The van der Waals surface area contributed by atoms with Crippen LogP contribution < -0.4 is 9.64 Å². The van der Waals surface area contributed by atoms with E-state index in [1.807, 2.05) is 61.5 Å². The molecule has 0 saturated heterocycles. The number of carbonyl (C=O) groups is 1. The van der Waals surface area contributed by atoms with Crippen LogP contribution in [0, 0.1) is 0 Å². The molecule has 1 aromatic heterocycles. The monoisotopic (exact) mass is 550 g/mol. The number of anilines is 1. The zero-order valence-electron chi connectivity index (χ0n) is 21.6. The van der Waals surface area contributed by atoms with Gasteiger partial charge in [-0.25, -0.2) is 13.4 Å². The molecule has 0 saturated carbocycles. The second-order valence-corrected chi connectivity index (χ2v) is 12.4. The standard InChI is InChI=1S/C28H30N4O4S2/c1-30(2)16-17-32(28-29-25-13-10-23(36-3)18-26(25)37-28)27(33)21-8-11-24(12-9-21)38(34,35)31-15-14-20-6-4-5-7-22(20)19-31/h4-13,18H,14-17,19H2,1-3H3. The molecule has 4 aromatic rings. The Morgan fingerprint density at radius 2 is 1.76 bits per heavy atom. The summed E-state index contributed by atoms with van der Waals surface area (Å²) < 4.78 is 34.5. The number of methoxy groups -OCH3 is 1. The third-order valence-electron chi connectivity index (χ3n) is 6.67. The number of sulfonamides is 1. The maximum absolute atomic E-state index is 13.6. The van der Waals surface area contributed by atoms with Crippen LogP contribution in [-0.2, 0) is 23.0 Å². The van der Waals surface area contributed by atoms with Gasteiger partial charge in [-0.1, -0.05) is 35.6 Å². The van der Waals surface area contributed by atoms with Crippen LogP contribution >= 0.6 is 11.3 Å². The smallest absolute Gasteiger partial charge is 0.260 e. The van der Waals surface area contributed by atoms with Crippen molar-refractivity contribution in [3.63, 3.8) is 0 Å². The van der Waals surface area contributed by atoms with Gasteiger partial charge >= 0.3 is 0 Å². The Labute approximate surface area is 227 Å². The number of benzene rings is 3. The Kier molecular flexibility index (Phi) is 7.49. The average molecular weight is 551 g/mol. The molecule has 0 unspecified atom stereocenters. The molecule has 0 atom stereocenters. The van der Waals surface area contributed by atoms with E-state index in [9.17, 15) is 13.2 Å². The minimum absolute atomic E-state index is 0.181. The molecule has 10 heteroatoms. The summed E-state index contributed by atoms with van der Waals surface area (Å²) in [4.78, 5) is 22.2. The van der Waals surface area contributed by atoms with E-state index < -0.39 is 10.0 Å². The SMILES string of the molecule is COc1ccc2nc(N(CCN(C)C)C(=O)c3ccc(S(=O)(=O)N4CCc5ccccc5C4)cc3)sc2c1. The normalized spacial score (nSPS) is 14.0. The van der Waals surface area contributed by atoms with Crippen LogP contribution in [0.15, 0.2) is 71.6 Å². The predicted octanol–water partition coefficient (Wildman–Crippen LogP) is 4.26. The number of carbonyl (C=O) groups excluding carboxylic acids is 1. The first kappa shape index (κ1) is 26.3. The highest BCUT2D eigenvalue weighted by molar-refractivity contribution is 7.89. The van der Waals surface area contributed by atoms with Gasteiger partial charge in [0, 0.05) is 31.7 Å². The van der Waals surface area contributed by atoms with Crippen LogP contribution in [0.1, 0.15) is 21.5 Å². The Hall–Kier alpha value is -3.31. The minimum Gasteiger partial charge on any atom is -0.497 e. The molecule has 0 radical (unpaired) electrons. The second kappa shape index (κ2) is 10.8. The fourth-order valence-corrected chi connectivity index (χ4v) is 6.91. The highest BCUT2D eigenvalue weighted by atomic mass is 32.2. The Bertz CT molecular complexity index is 1570. The molecule has 2 heterocycles. The number of aromatic nitrogens is 1. The van der Waals surface area contributed by atoms with E-state index >= 15 is 0 Å². The van der Waals surface area contributed by atoms with Gasteiger partial charge in [0.05, 0.1) is 22.2 Å². The van der Waals surface area contributed by atoms with Crippen molar-refractivity contribution in [2.24, 2.45) is 0 Å². The van der Waals surface area contributed by atoms with Crippen molar-refractivity contribution < 1.29 is 17.9 Å². The summed E-state index contributed by atoms with van der Waals surface area (Å²) in [6, 6.07) is 19.8. The number of hydrogen-bond acceptors (Lipinski definition) is 7. The summed E-state index contributed by atoms with van der Waals surface area (Å²) in [6.07, 6.45) is 0.681. The van der Waals surface area contributed by atoms with Crippen LogP contribution in [0.4, 0.5) is 5.13 Å². The van der Waals surface area contributed by atoms with E-state index in [0.717, 1.165) is 21.5 Å². The van der Waals surface area contributed by atoms with E-state index in [1.165, 1.54) is 33.3 Å². The summed E-state index contributed by atoms with van der Waals surface area (Å²) in [7, 11) is 1.83. The third kappa shape index (κ3) is 5.30. The lowest BCUT2D eigenvalue weighted by atomic mass is 10.0.